The smallest absolute Gasteiger partial charge is 0.412 e. The van der Waals surface area contributed by atoms with E-state index >= 15 is 0 Å². The van der Waals surface area contributed by atoms with Gasteiger partial charge in [0, 0.05) is 24.5 Å². The highest BCUT2D eigenvalue weighted by Gasteiger charge is 2.11. The molecule has 0 saturated carbocycles. The first kappa shape index (κ1) is 20.2. The van der Waals surface area contributed by atoms with Gasteiger partial charge in [-0.15, -0.1) is 0 Å². The van der Waals surface area contributed by atoms with Crippen LogP contribution >= 0.6 is 11.6 Å². The molecule has 150 valence electrons. The number of rotatable bonds is 5. The van der Waals surface area contributed by atoms with Crippen molar-refractivity contribution in [2.45, 2.75) is 6.92 Å². The summed E-state index contributed by atoms with van der Waals surface area (Å²) >= 11 is 5.96. The highest BCUT2D eigenvalue weighted by molar-refractivity contribution is 6.32. The molecule has 1 aromatic heterocycles. The molecule has 0 spiro atoms. The highest BCUT2D eigenvalue weighted by Crippen LogP contribution is 2.32. The van der Waals surface area contributed by atoms with E-state index in [1.165, 1.54) is 13.1 Å². The summed E-state index contributed by atoms with van der Waals surface area (Å²) in [6, 6.07) is 9.62. The van der Waals surface area contributed by atoms with E-state index in [1.54, 1.807) is 37.3 Å². The van der Waals surface area contributed by atoms with Crippen molar-refractivity contribution in [2.75, 3.05) is 17.7 Å². The van der Waals surface area contributed by atoms with Crippen LogP contribution in [0.15, 0.2) is 42.6 Å². The number of carbonyl (C=O) groups is 1. The number of aromatic nitrogens is 2. The summed E-state index contributed by atoms with van der Waals surface area (Å²) in [5.41, 5.74) is 1.52. The summed E-state index contributed by atoms with van der Waals surface area (Å²) < 4.78 is 19.2. The number of carbonyl (C=O) groups excluding carboxylic acids is 1. The molecule has 2 aromatic carbocycles. The molecule has 0 fully saturated rings. The Bertz CT molecular complexity index is 1040. The lowest BCUT2D eigenvalue weighted by Gasteiger charge is -2.12. The third-order valence-corrected chi connectivity index (χ3v) is 4.05. The molecule has 3 rings (SSSR count). The predicted molar refractivity (Wildman–Crippen MR) is 108 cm³/mol. The van der Waals surface area contributed by atoms with Crippen molar-refractivity contribution >= 4 is 40.8 Å². The molecule has 8 nitrogen and oxygen atoms in total. The maximum absolute atomic E-state index is 14.2. The summed E-state index contributed by atoms with van der Waals surface area (Å²) in [4.78, 5) is 19.3. The number of hydrogen-bond acceptors (Lipinski definition) is 7. The van der Waals surface area contributed by atoms with Crippen LogP contribution in [-0.4, -0.2) is 28.2 Å². The maximum Gasteiger partial charge on any atom is 0.412 e. The monoisotopic (exact) mass is 417 g/mol. The van der Waals surface area contributed by atoms with Gasteiger partial charge in [-0.2, -0.15) is 4.98 Å². The number of amides is 1. The van der Waals surface area contributed by atoms with E-state index in [2.05, 4.69) is 25.9 Å². The van der Waals surface area contributed by atoms with Gasteiger partial charge in [-0.1, -0.05) is 17.7 Å². The highest BCUT2D eigenvalue weighted by atomic mass is 35.5. The van der Waals surface area contributed by atoms with Crippen LogP contribution in [-0.2, 0) is 0 Å². The van der Waals surface area contributed by atoms with Gasteiger partial charge in [0.15, 0.2) is 11.6 Å². The second-order valence-corrected chi connectivity index (χ2v) is 6.34. The van der Waals surface area contributed by atoms with Crippen LogP contribution in [0.4, 0.5) is 32.3 Å². The number of phenols is 1. The van der Waals surface area contributed by atoms with E-state index in [1.807, 2.05) is 0 Å². The van der Waals surface area contributed by atoms with Gasteiger partial charge in [0.2, 0.25) is 5.95 Å². The molecule has 0 bridgehead atoms. The molecule has 3 aromatic rings. The Morgan fingerprint density at radius 2 is 2.00 bits per heavy atom. The van der Waals surface area contributed by atoms with Gasteiger partial charge in [-0.3, -0.25) is 0 Å². The molecule has 1 amide bonds. The zero-order chi connectivity index (χ0) is 21.0. The van der Waals surface area contributed by atoms with E-state index in [0.29, 0.717) is 22.7 Å². The molecule has 10 heteroatoms. The Morgan fingerprint density at radius 3 is 2.72 bits per heavy atom. The number of benzene rings is 2. The number of phenolic OH excluding ortho intramolecular Hbond substituents is 1. The number of anilines is 4. The Kier molecular flexibility index (Phi) is 5.99. The minimum atomic E-state index is -0.672. The van der Waals surface area contributed by atoms with Crippen molar-refractivity contribution in [2.24, 2.45) is 0 Å². The third kappa shape index (κ3) is 5.02. The van der Waals surface area contributed by atoms with Crippen molar-refractivity contribution in [1.82, 2.24) is 15.3 Å². The standard InChI is InChI=1S/C19H17ClFN5O3/c1-10-6-12(8-14(20)16(10)27)24-17-15(21)9-23-18(26-17)25-11-4-3-5-13(7-11)29-19(28)22-2/h3-9,27H,1-2H3,(H,22,28)(H2,23,24,25,26). The summed E-state index contributed by atoms with van der Waals surface area (Å²) in [6.45, 7) is 1.67. The second kappa shape index (κ2) is 8.61. The SMILES string of the molecule is CNC(=O)Oc1cccc(Nc2ncc(F)c(Nc3cc(C)c(O)c(Cl)c3)n2)c1. The first-order chi connectivity index (χ1) is 13.9. The van der Waals surface area contributed by atoms with Gasteiger partial charge in [-0.25, -0.2) is 14.2 Å². The van der Waals surface area contributed by atoms with Crippen molar-refractivity contribution in [1.29, 1.82) is 0 Å². The molecule has 0 atom stereocenters. The Morgan fingerprint density at radius 1 is 1.21 bits per heavy atom. The van der Waals surface area contributed by atoms with E-state index in [4.69, 9.17) is 16.3 Å². The predicted octanol–water partition coefficient (Wildman–Crippen LogP) is 4.49. The lowest BCUT2D eigenvalue weighted by Crippen LogP contribution is -2.22. The summed E-state index contributed by atoms with van der Waals surface area (Å²) in [6.07, 6.45) is 0.409. The fourth-order valence-electron chi connectivity index (χ4n) is 2.38. The molecule has 0 aliphatic rings. The normalized spacial score (nSPS) is 10.3. The largest absolute Gasteiger partial charge is 0.506 e. The molecule has 1 heterocycles. The topological polar surface area (TPSA) is 108 Å². The number of aryl methyl sites for hydroxylation is 1. The quantitative estimate of drug-likeness (QED) is 0.453. The van der Waals surface area contributed by atoms with Crippen LogP contribution in [0.1, 0.15) is 5.56 Å². The Balaban J connectivity index is 1.81. The second-order valence-electron chi connectivity index (χ2n) is 5.93. The molecular formula is C19H17ClFN5O3. The number of aromatic hydroxyl groups is 1. The number of hydrogen-bond donors (Lipinski definition) is 4. The summed E-state index contributed by atoms with van der Waals surface area (Å²) in [7, 11) is 1.45. The maximum atomic E-state index is 14.2. The zero-order valence-corrected chi connectivity index (χ0v) is 16.2. The molecular weight excluding hydrogens is 401 g/mol. The van der Waals surface area contributed by atoms with Crippen LogP contribution in [0.3, 0.4) is 0 Å². The Labute approximate surface area is 170 Å². The van der Waals surface area contributed by atoms with E-state index in [0.717, 1.165) is 6.20 Å². The number of halogens is 2. The van der Waals surface area contributed by atoms with Crippen molar-refractivity contribution in [3.63, 3.8) is 0 Å². The minimum Gasteiger partial charge on any atom is -0.506 e. The Hall–Kier alpha value is -3.59. The first-order valence-corrected chi connectivity index (χ1v) is 8.79. The van der Waals surface area contributed by atoms with Crippen LogP contribution in [0.5, 0.6) is 11.5 Å². The molecule has 0 saturated heterocycles. The molecule has 0 unspecified atom stereocenters. The van der Waals surface area contributed by atoms with Gasteiger partial charge in [0.25, 0.3) is 0 Å². The fraction of sp³-hybridized carbons (Fsp3) is 0.105. The third-order valence-electron chi connectivity index (χ3n) is 3.77. The zero-order valence-electron chi connectivity index (χ0n) is 15.5. The summed E-state index contributed by atoms with van der Waals surface area (Å²) in [5.74, 6) is -0.367. The van der Waals surface area contributed by atoms with Crippen LogP contribution < -0.4 is 20.7 Å². The molecule has 0 aliphatic heterocycles. The van der Waals surface area contributed by atoms with Crippen LogP contribution in [0.25, 0.3) is 0 Å². The van der Waals surface area contributed by atoms with E-state index in [9.17, 15) is 14.3 Å². The molecule has 4 N–H and O–H groups in total. The molecule has 0 aliphatic carbocycles. The first-order valence-electron chi connectivity index (χ1n) is 8.41. The lowest BCUT2D eigenvalue weighted by atomic mass is 10.2. The van der Waals surface area contributed by atoms with Crippen molar-refractivity contribution in [3.05, 3.63) is 59.0 Å². The average molecular weight is 418 g/mol. The minimum absolute atomic E-state index is 0.0402. The molecule has 29 heavy (non-hydrogen) atoms. The number of nitrogens with zero attached hydrogens (tertiary/aromatic N) is 2. The lowest BCUT2D eigenvalue weighted by molar-refractivity contribution is 0.203. The van der Waals surface area contributed by atoms with Gasteiger partial charge in [0.1, 0.15) is 11.5 Å². The summed E-state index contributed by atoms with van der Waals surface area (Å²) in [5, 5.41) is 18.0. The van der Waals surface area contributed by atoms with Crippen LogP contribution in [0, 0.1) is 12.7 Å². The molecule has 0 radical (unpaired) electrons. The van der Waals surface area contributed by atoms with Gasteiger partial charge in [0.05, 0.1) is 11.2 Å². The van der Waals surface area contributed by atoms with Gasteiger partial charge >= 0.3 is 6.09 Å². The fourth-order valence-corrected chi connectivity index (χ4v) is 2.65. The number of nitrogens with one attached hydrogen (secondary N) is 3. The average Bonchev–Trinajstić information content (AvgIpc) is 2.69. The van der Waals surface area contributed by atoms with E-state index < -0.39 is 11.9 Å². The van der Waals surface area contributed by atoms with Crippen molar-refractivity contribution < 1.29 is 19.0 Å². The van der Waals surface area contributed by atoms with Crippen LogP contribution in [0.2, 0.25) is 5.02 Å². The number of ether oxygens (including phenoxy) is 1. The van der Waals surface area contributed by atoms with Gasteiger partial charge in [-0.05, 0) is 36.8 Å². The van der Waals surface area contributed by atoms with E-state index in [-0.39, 0.29) is 22.5 Å². The van der Waals surface area contributed by atoms with Gasteiger partial charge < -0.3 is 25.8 Å². The van der Waals surface area contributed by atoms with Crippen molar-refractivity contribution in [3.8, 4) is 11.5 Å².